The zero-order chi connectivity index (χ0) is 13.2. The first-order valence-electron chi connectivity index (χ1n) is 7.25. The molecule has 0 bridgehead atoms. The third-order valence-corrected chi connectivity index (χ3v) is 4.64. The minimum absolute atomic E-state index is 0.0707. The van der Waals surface area contributed by atoms with Crippen molar-refractivity contribution < 1.29 is 0 Å². The van der Waals surface area contributed by atoms with Gasteiger partial charge in [0.05, 0.1) is 6.20 Å². The van der Waals surface area contributed by atoms with Crippen LogP contribution in [0.2, 0.25) is 0 Å². The first kappa shape index (κ1) is 13.6. The second kappa shape index (κ2) is 5.43. The third-order valence-electron chi connectivity index (χ3n) is 4.64. The topological polar surface area (TPSA) is 43.8 Å². The molecule has 0 aliphatic heterocycles. The molecule has 102 valence electrons. The molecule has 0 atom stereocenters. The van der Waals surface area contributed by atoms with Gasteiger partial charge in [-0.05, 0) is 55.9 Å². The van der Waals surface area contributed by atoms with E-state index in [0.717, 1.165) is 24.7 Å². The van der Waals surface area contributed by atoms with Gasteiger partial charge in [-0.1, -0.05) is 13.8 Å². The van der Waals surface area contributed by atoms with Crippen LogP contribution < -0.4 is 5.73 Å². The molecule has 0 saturated heterocycles. The number of nitrogens with zero attached hydrogens (tertiary/aromatic N) is 2. The van der Waals surface area contributed by atoms with Crippen LogP contribution in [-0.4, -0.2) is 15.3 Å². The third kappa shape index (κ3) is 3.35. The number of hydrogen-bond acceptors (Lipinski definition) is 2. The van der Waals surface area contributed by atoms with Crippen LogP contribution in [-0.2, 0) is 13.5 Å². The summed E-state index contributed by atoms with van der Waals surface area (Å²) in [5, 5.41) is 4.21. The molecular formula is C15H27N3. The molecule has 0 spiro atoms. The van der Waals surface area contributed by atoms with E-state index >= 15 is 0 Å². The van der Waals surface area contributed by atoms with E-state index in [-0.39, 0.29) is 5.54 Å². The van der Waals surface area contributed by atoms with Crippen molar-refractivity contribution >= 4 is 0 Å². The maximum atomic E-state index is 6.55. The number of rotatable bonds is 4. The van der Waals surface area contributed by atoms with Gasteiger partial charge in [0.15, 0.2) is 0 Å². The minimum Gasteiger partial charge on any atom is -0.325 e. The van der Waals surface area contributed by atoms with Crippen LogP contribution in [0.1, 0.15) is 51.5 Å². The van der Waals surface area contributed by atoms with Crippen LogP contribution in [0.3, 0.4) is 0 Å². The van der Waals surface area contributed by atoms with Gasteiger partial charge in [-0.25, -0.2) is 0 Å². The lowest BCUT2D eigenvalue weighted by Crippen LogP contribution is -2.44. The molecule has 1 heterocycles. The first-order valence-corrected chi connectivity index (χ1v) is 7.25. The van der Waals surface area contributed by atoms with Gasteiger partial charge in [-0.3, -0.25) is 4.68 Å². The van der Waals surface area contributed by atoms with E-state index in [0.29, 0.717) is 0 Å². The van der Waals surface area contributed by atoms with Crippen LogP contribution >= 0.6 is 0 Å². The SMILES string of the molecule is CC(C)C1CCC(N)(CCc2cnn(C)c2)CC1. The maximum Gasteiger partial charge on any atom is 0.0521 e. The number of hydrogen-bond donors (Lipinski definition) is 1. The van der Waals surface area contributed by atoms with Crippen LogP contribution in [0.4, 0.5) is 0 Å². The summed E-state index contributed by atoms with van der Waals surface area (Å²) in [6, 6.07) is 0. The van der Waals surface area contributed by atoms with Crippen molar-refractivity contribution in [2.45, 2.75) is 57.9 Å². The lowest BCUT2D eigenvalue weighted by Gasteiger charge is -2.38. The van der Waals surface area contributed by atoms with Gasteiger partial charge in [-0.2, -0.15) is 5.10 Å². The maximum absolute atomic E-state index is 6.55. The van der Waals surface area contributed by atoms with Crippen LogP contribution in [0, 0.1) is 11.8 Å². The molecule has 1 fully saturated rings. The summed E-state index contributed by atoms with van der Waals surface area (Å²) >= 11 is 0. The highest BCUT2D eigenvalue weighted by Crippen LogP contribution is 2.36. The smallest absolute Gasteiger partial charge is 0.0521 e. The summed E-state index contributed by atoms with van der Waals surface area (Å²) in [6.07, 6.45) is 11.2. The Morgan fingerprint density at radius 2 is 2.11 bits per heavy atom. The molecule has 0 amide bonds. The van der Waals surface area contributed by atoms with Gasteiger partial charge >= 0.3 is 0 Å². The van der Waals surface area contributed by atoms with Crippen molar-refractivity contribution in [1.82, 2.24) is 9.78 Å². The second-order valence-electron chi connectivity index (χ2n) is 6.47. The van der Waals surface area contributed by atoms with Crippen LogP contribution in [0.15, 0.2) is 12.4 Å². The summed E-state index contributed by atoms with van der Waals surface area (Å²) in [7, 11) is 1.97. The molecule has 3 heteroatoms. The van der Waals surface area contributed by atoms with Crippen molar-refractivity contribution in [1.29, 1.82) is 0 Å². The Bertz CT molecular complexity index is 373. The van der Waals surface area contributed by atoms with Gasteiger partial charge in [0.2, 0.25) is 0 Å². The van der Waals surface area contributed by atoms with Crippen molar-refractivity contribution in [2.75, 3.05) is 0 Å². The number of aromatic nitrogens is 2. The number of aryl methyl sites for hydroxylation is 2. The summed E-state index contributed by atoms with van der Waals surface area (Å²) in [6.45, 7) is 4.67. The number of nitrogens with two attached hydrogens (primary N) is 1. The van der Waals surface area contributed by atoms with E-state index < -0.39 is 0 Å². The summed E-state index contributed by atoms with van der Waals surface area (Å²) in [4.78, 5) is 0. The average Bonchev–Trinajstić information content (AvgIpc) is 2.73. The lowest BCUT2D eigenvalue weighted by atomic mass is 9.71. The van der Waals surface area contributed by atoms with Gasteiger partial charge in [-0.15, -0.1) is 0 Å². The molecular weight excluding hydrogens is 222 g/mol. The quantitative estimate of drug-likeness (QED) is 0.891. The molecule has 2 N–H and O–H groups in total. The largest absolute Gasteiger partial charge is 0.325 e. The highest BCUT2D eigenvalue weighted by Gasteiger charge is 2.32. The molecule has 1 aliphatic carbocycles. The Labute approximate surface area is 111 Å². The standard InChI is InChI=1S/C15H27N3/c1-12(2)14-5-8-15(16,9-6-14)7-4-13-10-17-18(3)11-13/h10-12,14H,4-9,16H2,1-3H3. The molecule has 1 aromatic rings. The highest BCUT2D eigenvalue weighted by molar-refractivity contribution is 5.05. The molecule has 1 aliphatic rings. The van der Waals surface area contributed by atoms with Crippen LogP contribution in [0.5, 0.6) is 0 Å². The van der Waals surface area contributed by atoms with Crippen molar-refractivity contribution in [3.63, 3.8) is 0 Å². The van der Waals surface area contributed by atoms with E-state index in [9.17, 15) is 0 Å². The van der Waals surface area contributed by atoms with Gasteiger partial charge < -0.3 is 5.73 Å². The minimum atomic E-state index is 0.0707. The molecule has 0 aromatic carbocycles. The predicted octanol–water partition coefficient (Wildman–Crippen LogP) is 2.90. The van der Waals surface area contributed by atoms with E-state index in [4.69, 9.17) is 5.73 Å². The average molecular weight is 249 g/mol. The molecule has 18 heavy (non-hydrogen) atoms. The summed E-state index contributed by atoms with van der Waals surface area (Å²) in [5.41, 5.74) is 7.93. The Kier molecular flexibility index (Phi) is 4.10. The Balaban J connectivity index is 1.82. The van der Waals surface area contributed by atoms with Crippen molar-refractivity contribution in [3.05, 3.63) is 18.0 Å². The van der Waals surface area contributed by atoms with Crippen LogP contribution in [0.25, 0.3) is 0 Å². The van der Waals surface area contributed by atoms with E-state index in [1.807, 2.05) is 17.9 Å². The Morgan fingerprint density at radius 1 is 1.44 bits per heavy atom. The van der Waals surface area contributed by atoms with Crippen molar-refractivity contribution in [2.24, 2.45) is 24.6 Å². The zero-order valence-corrected chi connectivity index (χ0v) is 12.0. The summed E-state index contributed by atoms with van der Waals surface area (Å²) < 4.78 is 1.87. The van der Waals surface area contributed by atoms with Gasteiger partial charge in [0, 0.05) is 18.8 Å². The molecule has 1 aromatic heterocycles. The molecule has 0 unspecified atom stereocenters. The fraction of sp³-hybridized carbons (Fsp3) is 0.800. The fourth-order valence-corrected chi connectivity index (χ4v) is 3.13. The Morgan fingerprint density at radius 3 is 2.61 bits per heavy atom. The fourth-order valence-electron chi connectivity index (χ4n) is 3.13. The van der Waals surface area contributed by atoms with Gasteiger partial charge in [0.1, 0.15) is 0 Å². The van der Waals surface area contributed by atoms with E-state index in [1.165, 1.54) is 31.2 Å². The molecule has 1 saturated carbocycles. The normalized spacial score (nSPS) is 28.8. The Hall–Kier alpha value is -0.830. The lowest BCUT2D eigenvalue weighted by molar-refractivity contribution is 0.187. The molecule has 2 rings (SSSR count). The van der Waals surface area contributed by atoms with E-state index in [1.54, 1.807) is 0 Å². The zero-order valence-electron chi connectivity index (χ0n) is 12.0. The van der Waals surface area contributed by atoms with Crippen molar-refractivity contribution in [3.8, 4) is 0 Å². The molecule has 3 nitrogen and oxygen atoms in total. The molecule has 0 radical (unpaired) electrons. The first-order chi connectivity index (χ1) is 8.48. The highest BCUT2D eigenvalue weighted by atomic mass is 15.2. The predicted molar refractivity (Wildman–Crippen MR) is 75.2 cm³/mol. The van der Waals surface area contributed by atoms with Gasteiger partial charge in [0.25, 0.3) is 0 Å². The monoisotopic (exact) mass is 249 g/mol. The second-order valence-corrected chi connectivity index (χ2v) is 6.47. The van der Waals surface area contributed by atoms with E-state index in [2.05, 4.69) is 25.1 Å². The summed E-state index contributed by atoms with van der Waals surface area (Å²) in [5.74, 6) is 1.70.